The molecule has 0 bridgehead atoms. The highest BCUT2D eigenvalue weighted by molar-refractivity contribution is 7.14. The minimum absolute atomic E-state index is 0.155. The van der Waals surface area contributed by atoms with E-state index in [9.17, 15) is 4.79 Å². The van der Waals surface area contributed by atoms with E-state index in [0.717, 1.165) is 4.88 Å². The number of thiophene rings is 1. The lowest BCUT2D eigenvalue weighted by molar-refractivity contribution is 0.103. The van der Waals surface area contributed by atoms with E-state index in [1.807, 2.05) is 13.0 Å². The first-order chi connectivity index (χ1) is 8.06. The Bertz CT molecular complexity index is 565. The quantitative estimate of drug-likeness (QED) is 0.817. The van der Waals surface area contributed by atoms with Crippen LogP contribution in [0.1, 0.15) is 14.5 Å². The lowest BCUT2D eigenvalue weighted by atomic mass is 10.2. The van der Waals surface area contributed by atoms with Crippen LogP contribution >= 0.6 is 22.9 Å². The van der Waals surface area contributed by atoms with Gasteiger partial charge in [0, 0.05) is 9.90 Å². The molecule has 1 heterocycles. The number of benzene rings is 1. The maximum atomic E-state index is 11.9. The largest absolute Gasteiger partial charge is 0.397 e. The summed E-state index contributed by atoms with van der Waals surface area (Å²) in [5, 5.41) is 3.30. The summed E-state index contributed by atoms with van der Waals surface area (Å²) in [4.78, 5) is 13.6. The summed E-state index contributed by atoms with van der Waals surface area (Å²) in [5.74, 6) is -0.155. The fourth-order valence-electron chi connectivity index (χ4n) is 1.39. The Labute approximate surface area is 108 Å². The molecule has 88 valence electrons. The van der Waals surface area contributed by atoms with Crippen LogP contribution < -0.4 is 11.1 Å². The second-order valence-corrected chi connectivity index (χ2v) is 5.32. The Kier molecular flexibility index (Phi) is 3.36. The Hall–Kier alpha value is -1.52. The van der Waals surface area contributed by atoms with E-state index in [1.54, 1.807) is 24.3 Å². The van der Waals surface area contributed by atoms with E-state index in [-0.39, 0.29) is 5.91 Å². The third kappa shape index (κ3) is 2.78. The summed E-state index contributed by atoms with van der Waals surface area (Å²) < 4.78 is 0. The number of carbonyl (C=O) groups excluding carboxylic acids is 1. The molecule has 3 N–H and O–H groups in total. The van der Waals surface area contributed by atoms with Crippen LogP contribution in [0.5, 0.6) is 0 Å². The summed E-state index contributed by atoms with van der Waals surface area (Å²) in [7, 11) is 0. The minimum atomic E-state index is -0.155. The molecule has 0 unspecified atom stereocenters. The Balaban J connectivity index is 2.18. The number of hydrogen-bond donors (Lipinski definition) is 2. The van der Waals surface area contributed by atoms with E-state index >= 15 is 0 Å². The summed E-state index contributed by atoms with van der Waals surface area (Å²) in [5.41, 5.74) is 6.79. The van der Waals surface area contributed by atoms with Crippen molar-refractivity contribution in [3.8, 4) is 0 Å². The van der Waals surface area contributed by atoms with Gasteiger partial charge in [-0.3, -0.25) is 4.79 Å². The molecular formula is C12H11ClN2OS. The standard InChI is InChI=1S/C12H11ClN2OS/c1-7-2-5-11(17-7)12(16)15-10-4-3-8(13)6-9(10)14/h2-6H,14H2,1H3,(H,15,16). The van der Waals surface area contributed by atoms with Gasteiger partial charge in [-0.05, 0) is 37.3 Å². The van der Waals surface area contributed by atoms with E-state index in [0.29, 0.717) is 21.3 Å². The molecule has 2 rings (SSSR count). The number of hydrogen-bond acceptors (Lipinski definition) is 3. The fourth-order valence-corrected chi connectivity index (χ4v) is 2.33. The molecule has 0 aliphatic rings. The first-order valence-corrected chi connectivity index (χ1v) is 6.18. The third-order valence-corrected chi connectivity index (χ3v) is 3.46. The summed E-state index contributed by atoms with van der Waals surface area (Å²) in [6.45, 7) is 1.96. The van der Waals surface area contributed by atoms with Crippen molar-refractivity contribution in [1.29, 1.82) is 0 Å². The van der Waals surface area contributed by atoms with Crippen molar-refractivity contribution in [1.82, 2.24) is 0 Å². The van der Waals surface area contributed by atoms with Crippen LogP contribution in [0.4, 0.5) is 11.4 Å². The van der Waals surface area contributed by atoms with Crippen LogP contribution in [0.25, 0.3) is 0 Å². The highest BCUT2D eigenvalue weighted by atomic mass is 35.5. The van der Waals surface area contributed by atoms with E-state index in [4.69, 9.17) is 17.3 Å². The average molecular weight is 267 g/mol. The number of nitrogens with one attached hydrogen (secondary N) is 1. The van der Waals surface area contributed by atoms with Gasteiger partial charge in [0.05, 0.1) is 16.3 Å². The molecule has 17 heavy (non-hydrogen) atoms. The van der Waals surface area contributed by atoms with Gasteiger partial charge >= 0.3 is 0 Å². The monoisotopic (exact) mass is 266 g/mol. The molecule has 0 atom stereocenters. The lowest BCUT2D eigenvalue weighted by Gasteiger charge is -2.07. The first kappa shape index (κ1) is 12.0. The molecule has 0 aliphatic carbocycles. The molecule has 0 radical (unpaired) electrons. The SMILES string of the molecule is Cc1ccc(C(=O)Nc2ccc(Cl)cc2N)s1. The van der Waals surface area contributed by atoms with Crippen LogP contribution in [0, 0.1) is 6.92 Å². The molecular weight excluding hydrogens is 256 g/mol. The maximum absolute atomic E-state index is 11.9. The average Bonchev–Trinajstić information content (AvgIpc) is 2.69. The number of aryl methyl sites for hydroxylation is 1. The summed E-state index contributed by atoms with van der Waals surface area (Å²) in [6, 6.07) is 8.69. The number of anilines is 2. The minimum Gasteiger partial charge on any atom is -0.397 e. The van der Waals surface area contributed by atoms with Crippen molar-refractivity contribution in [2.75, 3.05) is 11.1 Å². The van der Waals surface area contributed by atoms with E-state index < -0.39 is 0 Å². The van der Waals surface area contributed by atoms with Gasteiger partial charge in [0.2, 0.25) is 0 Å². The van der Waals surface area contributed by atoms with Crippen molar-refractivity contribution in [2.45, 2.75) is 6.92 Å². The van der Waals surface area contributed by atoms with Crippen LogP contribution in [0.2, 0.25) is 5.02 Å². The molecule has 0 fully saturated rings. The Morgan fingerprint density at radius 1 is 1.35 bits per heavy atom. The zero-order valence-electron chi connectivity index (χ0n) is 9.16. The van der Waals surface area contributed by atoms with Crippen molar-refractivity contribution in [2.24, 2.45) is 0 Å². The molecule has 0 saturated carbocycles. The van der Waals surface area contributed by atoms with Crippen LogP contribution in [0.15, 0.2) is 30.3 Å². The van der Waals surface area contributed by atoms with Gasteiger partial charge in [0.15, 0.2) is 0 Å². The van der Waals surface area contributed by atoms with Crippen LogP contribution in [-0.2, 0) is 0 Å². The number of nitrogens with two attached hydrogens (primary N) is 1. The second kappa shape index (κ2) is 4.77. The van der Waals surface area contributed by atoms with Crippen LogP contribution in [0.3, 0.4) is 0 Å². The number of nitrogen functional groups attached to an aromatic ring is 1. The highest BCUT2D eigenvalue weighted by Crippen LogP contribution is 2.24. The van der Waals surface area contributed by atoms with E-state index in [2.05, 4.69) is 5.32 Å². The third-order valence-electron chi connectivity index (χ3n) is 2.23. The molecule has 5 heteroatoms. The molecule has 3 nitrogen and oxygen atoms in total. The van der Waals surface area contributed by atoms with Gasteiger partial charge < -0.3 is 11.1 Å². The van der Waals surface area contributed by atoms with Gasteiger partial charge in [-0.1, -0.05) is 11.6 Å². The molecule has 0 aliphatic heterocycles. The smallest absolute Gasteiger partial charge is 0.265 e. The molecule has 2 aromatic rings. The lowest BCUT2D eigenvalue weighted by Crippen LogP contribution is -2.11. The van der Waals surface area contributed by atoms with Gasteiger partial charge in [-0.15, -0.1) is 11.3 Å². The number of rotatable bonds is 2. The van der Waals surface area contributed by atoms with Gasteiger partial charge in [-0.2, -0.15) is 0 Å². The van der Waals surface area contributed by atoms with Crippen LogP contribution in [-0.4, -0.2) is 5.91 Å². The number of carbonyl (C=O) groups is 1. The van der Waals surface area contributed by atoms with Gasteiger partial charge in [0.1, 0.15) is 0 Å². The molecule has 1 aromatic carbocycles. The van der Waals surface area contributed by atoms with Gasteiger partial charge in [-0.25, -0.2) is 0 Å². The maximum Gasteiger partial charge on any atom is 0.265 e. The Morgan fingerprint density at radius 2 is 2.12 bits per heavy atom. The first-order valence-electron chi connectivity index (χ1n) is 4.99. The predicted molar refractivity (Wildman–Crippen MR) is 72.9 cm³/mol. The predicted octanol–water partition coefficient (Wildman–Crippen LogP) is 3.54. The summed E-state index contributed by atoms with van der Waals surface area (Å²) >= 11 is 7.23. The van der Waals surface area contributed by atoms with E-state index in [1.165, 1.54) is 11.3 Å². The van der Waals surface area contributed by atoms with Crippen molar-refractivity contribution in [3.05, 3.63) is 45.1 Å². The topological polar surface area (TPSA) is 55.1 Å². The zero-order chi connectivity index (χ0) is 12.4. The normalized spacial score (nSPS) is 10.2. The van der Waals surface area contributed by atoms with Crippen molar-refractivity contribution < 1.29 is 4.79 Å². The molecule has 0 spiro atoms. The number of amides is 1. The Morgan fingerprint density at radius 3 is 2.71 bits per heavy atom. The molecule has 0 saturated heterocycles. The highest BCUT2D eigenvalue weighted by Gasteiger charge is 2.09. The summed E-state index contributed by atoms with van der Waals surface area (Å²) in [6.07, 6.45) is 0. The molecule has 1 aromatic heterocycles. The van der Waals surface area contributed by atoms with Crippen molar-refractivity contribution >= 4 is 40.2 Å². The zero-order valence-corrected chi connectivity index (χ0v) is 10.7. The van der Waals surface area contributed by atoms with Gasteiger partial charge in [0.25, 0.3) is 5.91 Å². The fraction of sp³-hybridized carbons (Fsp3) is 0.0833. The number of halogens is 1. The molecule has 1 amide bonds. The second-order valence-electron chi connectivity index (χ2n) is 3.60. The van der Waals surface area contributed by atoms with Crippen molar-refractivity contribution in [3.63, 3.8) is 0 Å².